The molecule has 7 nitrogen and oxygen atoms in total. The van der Waals surface area contributed by atoms with E-state index in [2.05, 4.69) is 5.32 Å². The van der Waals surface area contributed by atoms with Crippen LogP contribution in [0.4, 0.5) is 10.5 Å². The largest absolute Gasteiger partial charge is 0.497 e. The molecule has 0 aromatic heterocycles. The smallest absolute Gasteiger partial charge is 0.321 e. The third kappa shape index (κ3) is 6.50. The van der Waals surface area contributed by atoms with Crippen molar-refractivity contribution in [3.05, 3.63) is 54.6 Å². The van der Waals surface area contributed by atoms with Crippen LogP contribution in [0.15, 0.2) is 54.6 Å². The van der Waals surface area contributed by atoms with Crippen LogP contribution in [0, 0.1) is 5.92 Å². The van der Waals surface area contributed by atoms with Crippen LogP contribution in [0.5, 0.6) is 11.5 Å². The fourth-order valence-electron chi connectivity index (χ4n) is 2.55. The lowest BCUT2D eigenvalue weighted by Crippen LogP contribution is -2.42. The highest BCUT2D eigenvalue weighted by molar-refractivity contribution is 5.89. The number of carbonyl (C=O) groups excluding carboxylic acids is 2. The molecule has 0 heterocycles. The van der Waals surface area contributed by atoms with Crippen molar-refractivity contribution < 1.29 is 23.8 Å². The molecule has 2 amide bonds. The van der Waals surface area contributed by atoms with Crippen molar-refractivity contribution in [3.8, 4) is 11.5 Å². The monoisotopic (exact) mass is 386 g/mol. The first-order valence-electron chi connectivity index (χ1n) is 8.99. The maximum absolute atomic E-state index is 12.7. The summed E-state index contributed by atoms with van der Waals surface area (Å²) in [5.41, 5.74) is 0.680. The van der Waals surface area contributed by atoms with Crippen LogP contribution < -0.4 is 14.8 Å². The van der Waals surface area contributed by atoms with Crippen molar-refractivity contribution in [2.75, 3.05) is 39.2 Å². The van der Waals surface area contributed by atoms with Gasteiger partial charge in [0.1, 0.15) is 18.1 Å². The summed E-state index contributed by atoms with van der Waals surface area (Å²) in [7, 11) is 2.93. The van der Waals surface area contributed by atoms with Crippen LogP contribution in [0.2, 0.25) is 0 Å². The molecule has 28 heavy (non-hydrogen) atoms. The second kappa shape index (κ2) is 10.8. The van der Waals surface area contributed by atoms with Gasteiger partial charge in [0.05, 0.1) is 26.7 Å². The molecule has 0 spiro atoms. The Morgan fingerprint density at radius 1 is 1.00 bits per heavy atom. The maximum atomic E-state index is 12.7. The zero-order valence-corrected chi connectivity index (χ0v) is 16.4. The molecule has 0 fully saturated rings. The van der Waals surface area contributed by atoms with E-state index in [1.165, 1.54) is 12.0 Å². The molecule has 0 aliphatic rings. The van der Waals surface area contributed by atoms with E-state index in [0.29, 0.717) is 18.0 Å². The first-order valence-corrected chi connectivity index (χ1v) is 8.99. The van der Waals surface area contributed by atoms with Gasteiger partial charge < -0.3 is 24.4 Å². The summed E-state index contributed by atoms with van der Waals surface area (Å²) in [6.45, 7) is 2.53. The minimum Gasteiger partial charge on any atom is -0.497 e. The molecule has 0 saturated carbocycles. The predicted octanol–water partition coefficient (Wildman–Crippen LogP) is 3.42. The van der Waals surface area contributed by atoms with E-state index in [-0.39, 0.29) is 25.2 Å². The van der Waals surface area contributed by atoms with Crippen LogP contribution >= 0.6 is 0 Å². The SMILES string of the molecule is COC(=O)C(C)CN(CCOc1ccc(OC)cc1)C(=O)Nc1ccccc1. The lowest BCUT2D eigenvalue weighted by atomic mass is 10.1. The van der Waals surface area contributed by atoms with Crippen molar-refractivity contribution in [2.45, 2.75) is 6.92 Å². The van der Waals surface area contributed by atoms with Crippen LogP contribution in [0.1, 0.15) is 6.92 Å². The molecule has 2 rings (SSSR count). The van der Waals surface area contributed by atoms with Crippen molar-refractivity contribution in [1.82, 2.24) is 4.90 Å². The number of esters is 1. The molecular weight excluding hydrogens is 360 g/mol. The second-order valence-corrected chi connectivity index (χ2v) is 6.19. The van der Waals surface area contributed by atoms with Crippen molar-refractivity contribution in [2.24, 2.45) is 5.92 Å². The first-order chi connectivity index (χ1) is 13.5. The van der Waals surface area contributed by atoms with Gasteiger partial charge in [-0.1, -0.05) is 25.1 Å². The van der Waals surface area contributed by atoms with Crippen LogP contribution in [-0.2, 0) is 9.53 Å². The molecule has 0 aliphatic carbocycles. The minimum absolute atomic E-state index is 0.220. The highest BCUT2D eigenvalue weighted by atomic mass is 16.5. The molecule has 2 aromatic rings. The number of nitrogens with one attached hydrogen (secondary N) is 1. The Kier molecular flexibility index (Phi) is 8.14. The zero-order valence-electron chi connectivity index (χ0n) is 16.4. The fourth-order valence-corrected chi connectivity index (χ4v) is 2.55. The van der Waals surface area contributed by atoms with Crippen LogP contribution in [0.25, 0.3) is 0 Å². The molecule has 150 valence electrons. The van der Waals surface area contributed by atoms with E-state index >= 15 is 0 Å². The molecule has 0 radical (unpaired) electrons. The Morgan fingerprint density at radius 3 is 2.25 bits per heavy atom. The van der Waals surface area contributed by atoms with Crippen molar-refractivity contribution in [1.29, 1.82) is 0 Å². The Morgan fingerprint density at radius 2 is 1.64 bits per heavy atom. The van der Waals surface area contributed by atoms with E-state index in [1.54, 1.807) is 50.4 Å². The minimum atomic E-state index is -0.451. The Balaban J connectivity index is 1.97. The molecule has 2 aromatic carbocycles. The van der Waals surface area contributed by atoms with Crippen molar-refractivity contribution >= 4 is 17.7 Å². The third-order valence-corrected chi connectivity index (χ3v) is 4.10. The number of rotatable bonds is 9. The molecule has 0 bridgehead atoms. The number of hydrogen-bond acceptors (Lipinski definition) is 5. The second-order valence-electron chi connectivity index (χ2n) is 6.19. The van der Waals surface area contributed by atoms with Gasteiger partial charge in [-0.15, -0.1) is 0 Å². The van der Waals surface area contributed by atoms with Gasteiger partial charge in [0, 0.05) is 12.2 Å². The maximum Gasteiger partial charge on any atom is 0.321 e. The zero-order chi connectivity index (χ0) is 20.4. The standard InChI is InChI=1S/C21H26N2O5/c1-16(20(24)27-3)15-23(21(25)22-17-7-5-4-6-8-17)13-14-28-19-11-9-18(26-2)10-12-19/h4-12,16H,13-15H2,1-3H3,(H,22,25). The fraction of sp³-hybridized carbons (Fsp3) is 0.333. The van der Waals surface area contributed by atoms with Gasteiger partial charge in [0.25, 0.3) is 0 Å². The van der Waals surface area contributed by atoms with E-state index in [4.69, 9.17) is 14.2 Å². The molecule has 0 aliphatic heterocycles. The summed E-state index contributed by atoms with van der Waals surface area (Å²) in [5, 5.41) is 2.83. The van der Waals surface area contributed by atoms with Gasteiger partial charge in [-0.25, -0.2) is 4.79 Å². The topological polar surface area (TPSA) is 77.1 Å². The summed E-state index contributed by atoms with van der Waals surface area (Å²) in [4.78, 5) is 26.0. The number of carbonyl (C=O) groups is 2. The quantitative estimate of drug-likeness (QED) is 0.668. The average Bonchev–Trinajstić information content (AvgIpc) is 2.73. The van der Waals surface area contributed by atoms with E-state index < -0.39 is 5.92 Å². The van der Waals surface area contributed by atoms with Gasteiger partial charge in [0.2, 0.25) is 0 Å². The number of hydrogen-bond donors (Lipinski definition) is 1. The van der Waals surface area contributed by atoms with Gasteiger partial charge in [-0.05, 0) is 36.4 Å². The first kappa shape index (κ1) is 21.1. The molecule has 0 saturated heterocycles. The normalized spacial score (nSPS) is 11.2. The number of benzene rings is 2. The number of ether oxygens (including phenoxy) is 3. The number of methoxy groups -OCH3 is 2. The highest BCUT2D eigenvalue weighted by Crippen LogP contribution is 2.17. The van der Waals surface area contributed by atoms with Gasteiger partial charge in [0.15, 0.2) is 0 Å². The lowest BCUT2D eigenvalue weighted by Gasteiger charge is -2.25. The van der Waals surface area contributed by atoms with E-state index in [9.17, 15) is 9.59 Å². The Bertz CT molecular complexity index is 749. The summed E-state index contributed by atoms with van der Waals surface area (Å²) >= 11 is 0. The number of anilines is 1. The summed E-state index contributed by atoms with van der Waals surface area (Å²) in [5.74, 6) is 0.592. The lowest BCUT2D eigenvalue weighted by molar-refractivity contribution is -0.145. The summed E-state index contributed by atoms with van der Waals surface area (Å²) in [6, 6.07) is 16.0. The summed E-state index contributed by atoms with van der Waals surface area (Å²) in [6.07, 6.45) is 0. The predicted molar refractivity (Wildman–Crippen MR) is 107 cm³/mol. The van der Waals surface area contributed by atoms with Gasteiger partial charge in [-0.3, -0.25) is 4.79 Å². The number of urea groups is 1. The van der Waals surface area contributed by atoms with Crippen LogP contribution in [0.3, 0.4) is 0 Å². The summed E-state index contributed by atoms with van der Waals surface area (Å²) < 4.78 is 15.6. The average molecular weight is 386 g/mol. The molecule has 1 atom stereocenters. The number of nitrogens with zero attached hydrogens (tertiary/aromatic N) is 1. The molecular formula is C21H26N2O5. The highest BCUT2D eigenvalue weighted by Gasteiger charge is 2.21. The van der Waals surface area contributed by atoms with E-state index in [1.807, 2.05) is 18.2 Å². The molecule has 7 heteroatoms. The Labute approximate surface area is 165 Å². The molecule has 1 unspecified atom stereocenters. The van der Waals surface area contributed by atoms with Crippen LogP contribution in [-0.4, -0.2) is 50.8 Å². The number of para-hydroxylation sites is 1. The van der Waals surface area contributed by atoms with E-state index in [0.717, 1.165) is 5.75 Å². The number of amides is 2. The molecule has 1 N–H and O–H groups in total. The third-order valence-electron chi connectivity index (χ3n) is 4.10. The van der Waals surface area contributed by atoms with Gasteiger partial charge in [-0.2, -0.15) is 0 Å². The Hall–Kier alpha value is -3.22. The van der Waals surface area contributed by atoms with Gasteiger partial charge >= 0.3 is 12.0 Å². The van der Waals surface area contributed by atoms with Crippen molar-refractivity contribution in [3.63, 3.8) is 0 Å².